The molecular formula is C27H33N5O4. The summed E-state index contributed by atoms with van der Waals surface area (Å²) in [4.78, 5) is 52.6. The Labute approximate surface area is 211 Å². The number of imide groups is 1. The maximum atomic E-state index is 12.9. The Balaban J connectivity index is 1.23. The zero-order valence-electron chi connectivity index (χ0n) is 20.8. The van der Waals surface area contributed by atoms with Crippen LogP contribution >= 0.6 is 0 Å². The van der Waals surface area contributed by atoms with Crippen LogP contribution < -0.4 is 16.1 Å². The van der Waals surface area contributed by atoms with Crippen LogP contribution in [0.1, 0.15) is 47.7 Å². The van der Waals surface area contributed by atoms with Crippen molar-refractivity contribution in [3.05, 3.63) is 71.3 Å². The number of carbonyl (C=O) groups excluding carboxylic acids is 4. The summed E-state index contributed by atoms with van der Waals surface area (Å²) in [5.41, 5.74) is 4.07. The molecule has 0 aromatic heterocycles. The summed E-state index contributed by atoms with van der Waals surface area (Å²) in [5, 5.41) is 6.59. The van der Waals surface area contributed by atoms with Gasteiger partial charge >= 0.3 is 6.03 Å². The predicted molar refractivity (Wildman–Crippen MR) is 135 cm³/mol. The highest BCUT2D eigenvalue weighted by atomic mass is 16.2. The third-order valence-electron chi connectivity index (χ3n) is 6.93. The lowest BCUT2D eigenvalue weighted by Crippen LogP contribution is -2.53. The van der Waals surface area contributed by atoms with E-state index in [4.69, 9.17) is 0 Å². The van der Waals surface area contributed by atoms with E-state index in [1.165, 1.54) is 0 Å². The third kappa shape index (κ3) is 5.91. The number of hydrazine groups is 1. The van der Waals surface area contributed by atoms with Crippen LogP contribution in [0.2, 0.25) is 0 Å². The number of likely N-dealkylation sites (tertiary alicyclic amines) is 1. The zero-order chi connectivity index (χ0) is 25.7. The molecular weight excluding hydrogens is 458 g/mol. The second kappa shape index (κ2) is 10.9. The Bertz CT molecular complexity index is 1130. The van der Waals surface area contributed by atoms with Crippen LogP contribution in [0.25, 0.3) is 0 Å². The third-order valence-corrected chi connectivity index (χ3v) is 6.93. The molecule has 2 fully saturated rings. The second-order valence-electron chi connectivity index (χ2n) is 9.76. The first kappa shape index (κ1) is 25.4. The minimum absolute atomic E-state index is 0.0349. The van der Waals surface area contributed by atoms with Crippen molar-refractivity contribution in [2.24, 2.45) is 0 Å². The highest BCUT2D eigenvalue weighted by Gasteiger charge is 2.48. The molecule has 9 heteroatoms. The van der Waals surface area contributed by atoms with Gasteiger partial charge in [-0.3, -0.25) is 24.7 Å². The number of hydrogen-bond donors (Lipinski definition) is 3. The molecule has 5 amide bonds. The van der Waals surface area contributed by atoms with Crippen LogP contribution in [0.15, 0.2) is 54.6 Å². The van der Waals surface area contributed by atoms with Crippen molar-refractivity contribution in [3.63, 3.8) is 0 Å². The maximum absolute atomic E-state index is 12.9. The second-order valence-corrected chi connectivity index (χ2v) is 9.76. The van der Waals surface area contributed by atoms with Gasteiger partial charge in [-0.2, -0.15) is 5.01 Å². The minimum Gasteiger partial charge on any atom is -0.349 e. The van der Waals surface area contributed by atoms with Gasteiger partial charge in [-0.05, 0) is 56.7 Å². The SMILES string of the molecule is Cc1ccccc1C(=O)NC1CCN(CC(=O)NN2C(=O)NC(C)(CCc3ccccc3)C2=O)CC1. The fraction of sp³-hybridized carbons (Fsp3) is 0.407. The first-order valence-electron chi connectivity index (χ1n) is 12.3. The van der Waals surface area contributed by atoms with Gasteiger partial charge < -0.3 is 10.6 Å². The van der Waals surface area contributed by atoms with Crippen LogP contribution in [0.4, 0.5) is 4.79 Å². The van der Waals surface area contributed by atoms with E-state index in [-0.39, 0.29) is 18.5 Å². The number of rotatable bonds is 8. The normalized spacial score (nSPS) is 20.8. The largest absolute Gasteiger partial charge is 0.349 e. The molecule has 1 unspecified atom stereocenters. The number of piperidine rings is 1. The minimum atomic E-state index is -1.08. The van der Waals surface area contributed by atoms with Crippen molar-refractivity contribution >= 4 is 23.8 Å². The van der Waals surface area contributed by atoms with Crippen LogP contribution in [-0.2, 0) is 16.0 Å². The molecule has 2 heterocycles. The number of aryl methyl sites for hydroxylation is 2. The topological polar surface area (TPSA) is 111 Å². The average molecular weight is 492 g/mol. The van der Waals surface area contributed by atoms with Gasteiger partial charge in [0, 0.05) is 24.7 Å². The lowest BCUT2D eigenvalue weighted by atomic mass is 9.93. The molecule has 2 aromatic rings. The standard InChI is InChI=1S/C27H33N5O4/c1-19-8-6-7-11-22(19)24(34)28-21-13-16-31(17-14-21)18-23(33)30-32-25(35)27(2,29-26(32)36)15-12-20-9-4-3-5-10-20/h3-11,21H,12-18H2,1-2H3,(H,28,34)(H,29,36)(H,30,33). The Hall–Kier alpha value is -3.72. The van der Waals surface area contributed by atoms with Crippen molar-refractivity contribution in [1.29, 1.82) is 0 Å². The van der Waals surface area contributed by atoms with Crippen LogP contribution in [0.5, 0.6) is 0 Å². The van der Waals surface area contributed by atoms with Crippen LogP contribution in [-0.4, -0.2) is 64.9 Å². The molecule has 2 aromatic carbocycles. The Morgan fingerprint density at radius 3 is 2.39 bits per heavy atom. The zero-order valence-corrected chi connectivity index (χ0v) is 20.8. The number of benzene rings is 2. The fourth-order valence-electron chi connectivity index (χ4n) is 4.68. The van der Waals surface area contributed by atoms with Crippen LogP contribution in [0, 0.1) is 6.92 Å². The Morgan fingerprint density at radius 1 is 1.03 bits per heavy atom. The summed E-state index contributed by atoms with van der Waals surface area (Å²) < 4.78 is 0. The Kier molecular flexibility index (Phi) is 7.69. The number of nitrogens with one attached hydrogen (secondary N) is 3. The van der Waals surface area contributed by atoms with Gasteiger partial charge in [-0.25, -0.2) is 4.79 Å². The average Bonchev–Trinajstić information content (AvgIpc) is 3.08. The molecule has 2 saturated heterocycles. The number of carbonyl (C=O) groups is 4. The number of hydrogen-bond acceptors (Lipinski definition) is 5. The molecule has 0 aliphatic carbocycles. The van der Waals surface area contributed by atoms with Gasteiger partial charge in [-0.15, -0.1) is 0 Å². The lowest BCUT2D eigenvalue weighted by molar-refractivity contribution is -0.139. The summed E-state index contributed by atoms with van der Waals surface area (Å²) >= 11 is 0. The summed E-state index contributed by atoms with van der Waals surface area (Å²) in [6.07, 6.45) is 2.48. The van der Waals surface area contributed by atoms with Crippen molar-refractivity contribution in [3.8, 4) is 0 Å². The predicted octanol–water partition coefficient (Wildman–Crippen LogP) is 2.16. The molecule has 9 nitrogen and oxygen atoms in total. The van der Waals surface area contributed by atoms with E-state index in [9.17, 15) is 19.2 Å². The first-order chi connectivity index (χ1) is 17.2. The van der Waals surface area contributed by atoms with E-state index in [1.807, 2.05) is 66.4 Å². The van der Waals surface area contributed by atoms with Crippen molar-refractivity contribution in [2.75, 3.05) is 19.6 Å². The number of urea groups is 1. The summed E-state index contributed by atoms with van der Waals surface area (Å²) in [6, 6.07) is 16.6. The molecule has 4 rings (SSSR count). The van der Waals surface area contributed by atoms with E-state index in [2.05, 4.69) is 16.1 Å². The van der Waals surface area contributed by atoms with E-state index >= 15 is 0 Å². The molecule has 0 bridgehead atoms. The molecule has 2 aliphatic rings. The lowest BCUT2D eigenvalue weighted by Gasteiger charge is -2.32. The molecule has 190 valence electrons. The van der Waals surface area contributed by atoms with E-state index < -0.39 is 23.4 Å². The van der Waals surface area contributed by atoms with Gasteiger partial charge in [0.15, 0.2) is 0 Å². The molecule has 0 spiro atoms. The first-order valence-corrected chi connectivity index (χ1v) is 12.3. The summed E-state index contributed by atoms with van der Waals surface area (Å²) in [5.74, 6) is -0.972. The molecule has 3 N–H and O–H groups in total. The van der Waals surface area contributed by atoms with Gasteiger partial charge in [0.2, 0.25) is 0 Å². The molecule has 0 radical (unpaired) electrons. The van der Waals surface area contributed by atoms with E-state index in [1.54, 1.807) is 6.92 Å². The molecule has 2 aliphatic heterocycles. The number of amides is 5. The highest BCUT2D eigenvalue weighted by Crippen LogP contribution is 2.22. The smallest absolute Gasteiger partial charge is 0.344 e. The fourth-order valence-corrected chi connectivity index (χ4v) is 4.68. The van der Waals surface area contributed by atoms with Gasteiger partial charge in [0.1, 0.15) is 5.54 Å². The molecule has 36 heavy (non-hydrogen) atoms. The van der Waals surface area contributed by atoms with Crippen molar-refractivity contribution in [2.45, 2.75) is 51.1 Å². The van der Waals surface area contributed by atoms with Gasteiger partial charge in [0.25, 0.3) is 17.7 Å². The van der Waals surface area contributed by atoms with E-state index in [0.29, 0.717) is 44.3 Å². The van der Waals surface area contributed by atoms with Crippen molar-refractivity contribution < 1.29 is 19.2 Å². The monoisotopic (exact) mass is 491 g/mol. The molecule has 0 saturated carbocycles. The van der Waals surface area contributed by atoms with Crippen LogP contribution in [0.3, 0.4) is 0 Å². The highest BCUT2D eigenvalue weighted by molar-refractivity contribution is 6.07. The summed E-state index contributed by atoms with van der Waals surface area (Å²) in [6.45, 7) is 4.91. The van der Waals surface area contributed by atoms with Crippen molar-refractivity contribution in [1.82, 2.24) is 26.0 Å². The summed E-state index contributed by atoms with van der Waals surface area (Å²) in [7, 11) is 0. The Morgan fingerprint density at radius 2 is 1.69 bits per heavy atom. The maximum Gasteiger partial charge on any atom is 0.344 e. The van der Waals surface area contributed by atoms with E-state index in [0.717, 1.165) is 16.1 Å². The quantitative estimate of drug-likeness (QED) is 0.490. The molecule has 1 atom stereocenters. The van der Waals surface area contributed by atoms with Gasteiger partial charge in [0.05, 0.1) is 6.54 Å². The van der Waals surface area contributed by atoms with Gasteiger partial charge in [-0.1, -0.05) is 48.5 Å². The number of nitrogens with zero attached hydrogens (tertiary/aromatic N) is 2.